The highest BCUT2D eigenvalue weighted by atomic mass is 31.2. The summed E-state index contributed by atoms with van der Waals surface area (Å²) >= 11 is 0. The Morgan fingerprint density at radius 2 is 0.675 bits per heavy atom. The summed E-state index contributed by atoms with van der Waals surface area (Å²) in [5, 5.41) is 0. The van der Waals surface area contributed by atoms with E-state index >= 15 is 0 Å². The first-order valence-electron chi connectivity index (χ1n) is 30.8. The van der Waals surface area contributed by atoms with Crippen LogP contribution in [0.2, 0.25) is 0 Å². The number of likely N-dealkylation sites (N-methyl/N-ethyl adjacent to an activating group) is 1. The van der Waals surface area contributed by atoms with Crippen LogP contribution in [0.25, 0.3) is 0 Å². The molecule has 0 aromatic heterocycles. The van der Waals surface area contributed by atoms with E-state index in [0.29, 0.717) is 23.9 Å². The number of rotatable bonds is 54. The molecular weight excluding hydrogens is 1010 g/mol. The number of phosphoric ester groups is 1. The number of hydrogen-bond acceptors (Lipinski definition) is 8. The molecular formula is C70H112NO8P. The maximum atomic E-state index is 12.8. The number of quaternary nitrogens is 1. The molecule has 0 spiro atoms. The summed E-state index contributed by atoms with van der Waals surface area (Å²) in [6.07, 6.45) is 89.7. The molecule has 10 heteroatoms. The minimum atomic E-state index is -4.66. The van der Waals surface area contributed by atoms with Crippen molar-refractivity contribution in [1.29, 1.82) is 0 Å². The van der Waals surface area contributed by atoms with Gasteiger partial charge in [-0.25, -0.2) is 0 Å². The van der Waals surface area contributed by atoms with Gasteiger partial charge in [-0.05, 0) is 128 Å². The van der Waals surface area contributed by atoms with Crippen molar-refractivity contribution in [2.45, 2.75) is 213 Å². The van der Waals surface area contributed by atoms with E-state index in [2.05, 4.69) is 184 Å². The number of unbranched alkanes of at least 4 members (excludes halogenated alkanes) is 12. The number of allylic oxidation sites excluding steroid dienone is 28. The fourth-order valence-electron chi connectivity index (χ4n) is 7.56. The van der Waals surface area contributed by atoms with Gasteiger partial charge >= 0.3 is 11.9 Å². The molecule has 0 bridgehead atoms. The molecule has 0 fully saturated rings. The molecule has 2 atom stereocenters. The number of esters is 2. The second-order valence-corrected chi connectivity index (χ2v) is 22.4. The van der Waals surface area contributed by atoms with Gasteiger partial charge in [-0.3, -0.25) is 14.2 Å². The Morgan fingerprint density at radius 3 is 1.00 bits per heavy atom. The normalized spacial score (nSPS) is 14.4. The second-order valence-electron chi connectivity index (χ2n) is 20.9. The highest BCUT2D eigenvalue weighted by molar-refractivity contribution is 7.45. The minimum Gasteiger partial charge on any atom is -0.756 e. The van der Waals surface area contributed by atoms with E-state index in [0.717, 1.165) is 141 Å². The number of nitrogens with zero attached hydrogens (tertiary/aromatic N) is 1. The minimum absolute atomic E-state index is 0.0478. The Morgan fingerprint density at radius 1 is 0.388 bits per heavy atom. The SMILES string of the molecule is CC/C=C\C/C=C\C/C=C\C/C=C\C/C=C\C/C=C\C/C=C\C/C=C\C/C=C\C/C=C\CCCCCCC(=O)OC(COC(=O)CCCCCCCCCC/C=C\C/C=C\C/C=C\C/C=C\CC)COP(=O)([O-])OCC[N+](C)(C)C. The molecule has 450 valence electrons. The summed E-state index contributed by atoms with van der Waals surface area (Å²) in [6.45, 7) is 3.94. The van der Waals surface area contributed by atoms with E-state index in [1.807, 2.05) is 21.1 Å². The first kappa shape index (κ1) is 75.4. The lowest BCUT2D eigenvalue weighted by Gasteiger charge is -2.28. The number of carbonyl (C=O) groups excluding carboxylic acids is 2. The van der Waals surface area contributed by atoms with E-state index < -0.39 is 32.5 Å². The molecule has 0 heterocycles. The molecule has 0 aliphatic rings. The fourth-order valence-corrected chi connectivity index (χ4v) is 8.28. The molecule has 0 aliphatic carbocycles. The number of hydrogen-bond donors (Lipinski definition) is 0. The van der Waals surface area contributed by atoms with Crippen molar-refractivity contribution >= 4 is 19.8 Å². The van der Waals surface area contributed by atoms with Gasteiger partial charge in [0.25, 0.3) is 7.82 Å². The first-order valence-corrected chi connectivity index (χ1v) is 32.3. The maximum absolute atomic E-state index is 12.8. The van der Waals surface area contributed by atoms with Gasteiger partial charge in [0.1, 0.15) is 19.8 Å². The zero-order valence-corrected chi connectivity index (χ0v) is 51.8. The van der Waals surface area contributed by atoms with Gasteiger partial charge in [0.05, 0.1) is 27.7 Å². The molecule has 0 saturated heterocycles. The second kappa shape index (κ2) is 59.0. The Balaban J connectivity index is 4.27. The van der Waals surface area contributed by atoms with Gasteiger partial charge in [-0.2, -0.15) is 0 Å². The third-order valence-corrected chi connectivity index (χ3v) is 13.2. The Bertz CT molecular complexity index is 1950. The predicted octanol–water partition coefficient (Wildman–Crippen LogP) is 19.2. The monoisotopic (exact) mass is 1130 g/mol. The highest BCUT2D eigenvalue weighted by Gasteiger charge is 2.21. The lowest BCUT2D eigenvalue weighted by atomic mass is 10.1. The van der Waals surface area contributed by atoms with Crippen molar-refractivity contribution in [3.05, 3.63) is 170 Å². The van der Waals surface area contributed by atoms with Crippen LogP contribution in [0.15, 0.2) is 170 Å². The highest BCUT2D eigenvalue weighted by Crippen LogP contribution is 2.38. The van der Waals surface area contributed by atoms with Gasteiger partial charge in [-0.15, -0.1) is 0 Å². The van der Waals surface area contributed by atoms with E-state index in [-0.39, 0.29) is 26.1 Å². The van der Waals surface area contributed by atoms with Gasteiger partial charge in [-0.1, -0.05) is 235 Å². The van der Waals surface area contributed by atoms with E-state index in [4.69, 9.17) is 18.5 Å². The molecule has 80 heavy (non-hydrogen) atoms. The van der Waals surface area contributed by atoms with Gasteiger partial charge in [0.15, 0.2) is 6.10 Å². The third-order valence-electron chi connectivity index (χ3n) is 12.2. The molecule has 0 amide bonds. The third kappa shape index (κ3) is 62.6. The molecule has 0 aliphatic heterocycles. The van der Waals surface area contributed by atoms with Crippen LogP contribution in [0.5, 0.6) is 0 Å². The topological polar surface area (TPSA) is 111 Å². The first-order chi connectivity index (χ1) is 39.0. The smallest absolute Gasteiger partial charge is 0.306 e. The number of ether oxygens (including phenoxy) is 2. The van der Waals surface area contributed by atoms with Crippen LogP contribution >= 0.6 is 7.82 Å². The maximum Gasteiger partial charge on any atom is 0.306 e. The lowest BCUT2D eigenvalue weighted by molar-refractivity contribution is -0.870. The van der Waals surface area contributed by atoms with E-state index in [9.17, 15) is 19.0 Å². The van der Waals surface area contributed by atoms with Gasteiger partial charge < -0.3 is 27.9 Å². The van der Waals surface area contributed by atoms with E-state index in [1.54, 1.807) is 0 Å². The van der Waals surface area contributed by atoms with Crippen LogP contribution in [-0.4, -0.2) is 70.0 Å². The van der Waals surface area contributed by atoms with Crippen LogP contribution in [0, 0.1) is 0 Å². The zero-order valence-electron chi connectivity index (χ0n) is 50.9. The summed E-state index contributed by atoms with van der Waals surface area (Å²) in [6, 6.07) is 0. The van der Waals surface area contributed by atoms with Crippen LogP contribution < -0.4 is 4.89 Å². The van der Waals surface area contributed by atoms with Crippen molar-refractivity contribution in [3.63, 3.8) is 0 Å². The summed E-state index contributed by atoms with van der Waals surface area (Å²) in [5.74, 6) is -0.886. The lowest BCUT2D eigenvalue weighted by Crippen LogP contribution is -2.37. The molecule has 2 unspecified atom stereocenters. The molecule has 0 N–H and O–H groups in total. The average Bonchev–Trinajstić information content (AvgIpc) is 3.42. The number of phosphoric acid groups is 1. The molecule has 0 aromatic carbocycles. The summed E-state index contributed by atoms with van der Waals surface area (Å²) in [4.78, 5) is 37.9. The molecule has 0 aromatic rings. The fraction of sp³-hybridized carbons (Fsp3) is 0.571. The van der Waals surface area contributed by atoms with Crippen LogP contribution in [0.1, 0.15) is 206 Å². The summed E-state index contributed by atoms with van der Waals surface area (Å²) in [7, 11) is 1.11. The van der Waals surface area contributed by atoms with Crippen molar-refractivity contribution in [2.75, 3.05) is 47.5 Å². The largest absolute Gasteiger partial charge is 0.756 e. The standard InChI is InChI=1S/C70H112NO8P/c1-6-8-10-12-14-16-18-20-22-24-26-28-29-30-31-32-33-34-35-36-37-38-39-40-41-43-45-47-49-51-53-55-57-59-61-63-70(73)79-68(67-78-80(74,75)77-65-64-71(3,4)5)66-76-69(72)62-60-58-56-54-52-50-48-46-44-42-27-25-23-21-19-17-15-13-11-9-7-2/h8-11,14-17,20-23,26-28,30-31,33-34,36-37,39-40,42-43,45,49,51,68H,6-7,12-13,18-19,24-25,29,32,35,38,41,44,46-48,50,52-67H2,1-5H3/b10-8-,11-9-,16-14-,17-15-,22-20-,23-21-,28-26-,31-30-,34-33-,37-36-,40-39-,42-27-,45-43-,51-49-. The Kier molecular flexibility index (Phi) is 55.6. The van der Waals surface area contributed by atoms with Crippen molar-refractivity contribution in [2.24, 2.45) is 0 Å². The molecule has 0 radical (unpaired) electrons. The zero-order chi connectivity index (χ0) is 58.4. The van der Waals surface area contributed by atoms with Crippen molar-refractivity contribution in [3.8, 4) is 0 Å². The predicted molar refractivity (Wildman–Crippen MR) is 341 cm³/mol. The quantitative estimate of drug-likeness (QED) is 0.0195. The summed E-state index contributed by atoms with van der Waals surface area (Å²) in [5.41, 5.74) is 0. The number of carbonyl (C=O) groups is 2. The Hall–Kier alpha value is -4.63. The molecule has 0 saturated carbocycles. The van der Waals surface area contributed by atoms with Gasteiger partial charge in [0.2, 0.25) is 0 Å². The Labute approximate surface area is 489 Å². The van der Waals surface area contributed by atoms with Crippen molar-refractivity contribution in [1.82, 2.24) is 0 Å². The van der Waals surface area contributed by atoms with Crippen LogP contribution in [0.4, 0.5) is 0 Å². The molecule has 9 nitrogen and oxygen atoms in total. The van der Waals surface area contributed by atoms with Crippen LogP contribution in [0.3, 0.4) is 0 Å². The van der Waals surface area contributed by atoms with Crippen molar-refractivity contribution < 1.29 is 42.1 Å². The van der Waals surface area contributed by atoms with Crippen LogP contribution in [-0.2, 0) is 32.7 Å². The van der Waals surface area contributed by atoms with E-state index in [1.165, 1.54) is 25.7 Å². The van der Waals surface area contributed by atoms with Gasteiger partial charge in [0, 0.05) is 12.8 Å². The summed E-state index contributed by atoms with van der Waals surface area (Å²) < 4.78 is 34.1. The molecule has 0 rings (SSSR count). The average molecular weight is 1130 g/mol.